The molecule has 102 valence electrons. The molecule has 0 saturated carbocycles. The number of carboxylic acids is 1. The molecule has 0 aliphatic rings. The lowest BCUT2D eigenvalue weighted by molar-refractivity contribution is -0.138. The molecule has 1 N–H and O–H groups in total. The van der Waals surface area contributed by atoms with Crippen molar-refractivity contribution in [2.45, 2.75) is 12.6 Å². The smallest absolute Gasteiger partial charge is 0.417 e. The number of carbonyl (C=O) groups is 1. The van der Waals surface area contributed by atoms with Crippen LogP contribution in [0.15, 0.2) is 18.2 Å². The van der Waals surface area contributed by atoms with Crippen LogP contribution >= 0.6 is 0 Å². The first-order chi connectivity index (χ1) is 8.75. The Bertz CT molecular complexity index is 521. The van der Waals surface area contributed by atoms with Gasteiger partial charge in [0.05, 0.1) is 23.6 Å². The van der Waals surface area contributed by atoms with E-state index in [2.05, 4.69) is 0 Å². The molecule has 0 amide bonds. The molecule has 0 atom stereocenters. The number of alkyl halides is 3. The Morgan fingerprint density at radius 1 is 1.47 bits per heavy atom. The standard InChI is InChI=1S/C12H11F3N2O2/c1-17(5-4-11(18)19)9-2-3-10(12(13,14)15)8(6-9)7-16/h2-3,6H,4-5H2,1H3,(H,18,19). The maximum atomic E-state index is 12.6. The summed E-state index contributed by atoms with van der Waals surface area (Å²) in [5.74, 6) is -1.00. The Labute approximate surface area is 107 Å². The number of anilines is 1. The Morgan fingerprint density at radius 3 is 2.58 bits per heavy atom. The van der Waals surface area contributed by atoms with Crippen LogP contribution in [0.1, 0.15) is 17.5 Å². The molecule has 0 saturated heterocycles. The first kappa shape index (κ1) is 14.8. The van der Waals surface area contributed by atoms with Gasteiger partial charge in [0.15, 0.2) is 0 Å². The maximum absolute atomic E-state index is 12.6. The second-order valence-electron chi connectivity index (χ2n) is 3.90. The van der Waals surface area contributed by atoms with Crippen LogP contribution in [0.3, 0.4) is 0 Å². The third kappa shape index (κ3) is 3.88. The summed E-state index contributed by atoms with van der Waals surface area (Å²) in [6, 6.07) is 4.64. The van der Waals surface area contributed by atoms with Crippen molar-refractivity contribution in [1.29, 1.82) is 5.26 Å². The van der Waals surface area contributed by atoms with Crippen LogP contribution in [0.25, 0.3) is 0 Å². The molecule has 19 heavy (non-hydrogen) atoms. The monoisotopic (exact) mass is 272 g/mol. The van der Waals surface area contributed by atoms with Crippen molar-refractivity contribution < 1.29 is 23.1 Å². The highest BCUT2D eigenvalue weighted by Crippen LogP contribution is 2.33. The molecule has 0 aliphatic carbocycles. The number of nitriles is 1. The molecule has 1 aromatic carbocycles. The van der Waals surface area contributed by atoms with Gasteiger partial charge in [-0.3, -0.25) is 4.79 Å². The normalized spacial score (nSPS) is 10.9. The van der Waals surface area contributed by atoms with Crippen LogP contribution in [0, 0.1) is 11.3 Å². The molecule has 0 aliphatic heterocycles. The van der Waals surface area contributed by atoms with Gasteiger partial charge in [-0.2, -0.15) is 18.4 Å². The lowest BCUT2D eigenvalue weighted by atomic mass is 10.1. The summed E-state index contributed by atoms with van der Waals surface area (Å²) < 4.78 is 37.7. The van der Waals surface area contributed by atoms with Gasteiger partial charge in [-0.1, -0.05) is 0 Å². The predicted molar refractivity (Wildman–Crippen MR) is 61.7 cm³/mol. The van der Waals surface area contributed by atoms with E-state index in [-0.39, 0.29) is 13.0 Å². The Balaban J connectivity index is 3.01. The van der Waals surface area contributed by atoms with Gasteiger partial charge in [-0.05, 0) is 18.2 Å². The molecule has 0 fully saturated rings. The fourth-order valence-corrected chi connectivity index (χ4v) is 1.50. The fourth-order valence-electron chi connectivity index (χ4n) is 1.50. The number of carboxylic acid groups (broad SMARTS) is 1. The number of nitrogens with zero attached hydrogens (tertiary/aromatic N) is 2. The number of benzene rings is 1. The molecule has 7 heteroatoms. The second kappa shape index (κ2) is 5.61. The minimum absolute atomic E-state index is 0.139. The van der Waals surface area contributed by atoms with Crippen molar-refractivity contribution in [2.75, 3.05) is 18.5 Å². The van der Waals surface area contributed by atoms with E-state index in [9.17, 15) is 18.0 Å². The van der Waals surface area contributed by atoms with Gasteiger partial charge < -0.3 is 10.0 Å². The van der Waals surface area contributed by atoms with E-state index in [1.54, 1.807) is 7.05 Å². The van der Waals surface area contributed by atoms with E-state index in [1.807, 2.05) is 0 Å². The lowest BCUT2D eigenvalue weighted by Gasteiger charge is -2.19. The average Bonchev–Trinajstić information content (AvgIpc) is 2.33. The zero-order valence-corrected chi connectivity index (χ0v) is 10.0. The predicted octanol–water partition coefficient (Wildman–Crippen LogP) is 2.49. The second-order valence-corrected chi connectivity index (χ2v) is 3.90. The number of rotatable bonds is 4. The van der Waals surface area contributed by atoms with Crippen molar-refractivity contribution in [1.82, 2.24) is 0 Å². The summed E-state index contributed by atoms with van der Waals surface area (Å²) in [7, 11) is 1.55. The molecular formula is C12H11F3N2O2. The highest BCUT2D eigenvalue weighted by molar-refractivity contribution is 5.67. The summed E-state index contributed by atoms with van der Waals surface area (Å²) in [5, 5.41) is 17.3. The summed E-state index contributed by atoms with van der Waals surface area (Å²) in [5.41, 5.74) is -1.11. The first-order valence-electron chi connectivity index (χ1n) is 5.30. The fraction of sp³-hybridized carbons (Fsp3) is 0.333. The van der Waals surface area contributed by atoms with Crippen LogP contribution in [-0.4, -0.2) is 24.7 Å². The summed E-state index contributed by atoms with van der Waals surface area (Å²) >= 11 is 0. The van der Waals surface area contributed by atoms with Crippen LogP contribution in [0.5, 0.6) is 0 Å². The van der Waals surface area contributed by atoms with Gasteiger partial charge >= 0.3 is 12.1 Å². The average molecular weight is 272 g/mol. The number of hydrogen-bond donors (Lipinski definition) is 1. The van der Waals surface area contributed by atoms with Crippen LogP contribution < -0.4 is 4.90 Å². The molecule has 0 aromatic heterocycles. The van der Waals surface area contributed by atoms with Gasteiger partial charge in [0, 0.05) is 19.3 Å². The largest absolute Gasteiger partial charge is 0.481 e. The molecule has 0 bridgehead atoms. The minimum atomic E-state index is -4.58. The summed E-state index contributed by atoms with van der Waals surface area (Å²) in [6.07, 6.45) is -4.72. The molecule has 0 spiro atoms. The first-order valence-corrected chi connectivity index (χ1v) is 5.30. The summed E-state index contributed by atoms with van der Waals surface area (Å²) in [4.78, 5) is 11.9. The van der Waals surface area contributed by atoms with Crippen molar-refractivity contribution in [3.8, 4) is 6.07 Å². The van der Waals surface area contributed by atoms with E-state index in [4.69, 9.17) is 10.4 Å². The van der Waals surface area contributed by atoms with Gasteiger partial charge in [0.2, 0.25) is 0 Å². The van der Waals surface area contributed by atoms with Gasteiger partial charge in [0.25, 0.3) is 0 Å². The molecular weight excluding hydrogens is 261 g/mol. The molecule has 0 radical (unpaired) electrons. The SMILES string of the molecule is CN(CCC(=O)O)c1ccc(C(F)(F)F)c(C#N)c1. The highest BCUT2D eigenvalue weighted by Gasteiger charge is 2.33. The van der Waals surface area contributed by atoms with E-state index in [0.29, 0.717) is 5.69 Å². The number of aliphatic carboxylic acids is 1. The zero-order chi connectivity index (χ0) is 14.6. The van der Waals surface area contributed by atoms with Crippen molar-refractivity contribution in [2.24, 2.45) is 0 Å². The van der Waals surface area contributed by atoms with Gasteiger partial charge in [-0.15, -0.1) is 0 Å². The highest BCUT2D eigenvalue weighted by atomic mass is 19.4. The van der Waals surface area contributed by atoms with Crippen LogP contribution in [0.2, 0.25) is 0 Å². The van der Waals surface area contributed by atoms with Crippen molar-refractivity contribution in [3.63, 3.8) is 0 Å². The summed E-state index contributed by atoms with van der Waals surface area (Å²) in [6.45, 7) is 0.144. The minimum Gasteiger partial charge on any atom is -0.481 e. The maximum Gasteiger partial charge on any atom is 0.417 e. The van der Waals surface area contributed by atoms with E-state index >= 15 is 0 Å². The zero-order valence-electron chi connectivity index (χ0n) is 10.0. The Kier molecular flexibility index (Phi) is 4.38. The third-order valence-electron chi connectivity index (χ3n) is 2.53. The van der Waals surface area contributed by atoms with E-state index in [1.165, 1.54) is 17.0 Å². The van der Waals surface area contributed by atoms with Gasteiger partial charge in [0.1, 0.15) is 0 Å². The van der Waals surface area contributed by atoms with Crippen LogP contribution in [0.4, 0.5) is 18.9 Å². The molecule has 0 unspecified atom stereocenters. The third-order valence-corrected chi connectivity index (χ3v) is 2.53. The molecule has 0 heterocycles. The Hall–Kier alpha value is -2.23. The molecule has 1 aromatic rings. The van der Waals surface area contributed by atoms with Crippen molar-refractivity contribution >= 4 is 11.7 Å². The topological polar surface area (TPSA) is 64.3 Å². The number of halogens is 3. The van der Waals surface area contributed by atoms with E-state index in [0.717, 1.165) is 12.1 Å². The molecule has 1 rings (SSSR count). The quantitative estimate of drug-likeness (QED) is 0.914. The number of hydrogen-bond acceptors (Lipinski definition) is 3. The van der Waals surface area contributed by atoms with E-state index < -0.39 is 23.3 Å². The Morgan fingerprint density at radius 2 is 2.11 bits per heavy atom. The van der Waals surface area contributed by atoms with Crippen molar-refractivity contribution in [3.05, 3.63) is 29.3 Å². The van der Waals surface area contributed by atoms with Gasteiger partial charge in [-0.25, -0.2) is 0 Å². The molecule has 4 nitrogen and oxygen atoms in total. The lowest BCUT2D eigenvalue weighted by Crippen LogP contribution is -2.21. The van der Waals surface area contributed by atoms with Crippen LogP contribution in [-0.2, 0) is 11.0 Å².